The highest BCUT2D eigenvalue weighted by atomic mass is 19.4. The SMILES string of the molecule is CN(C)CCCC[C@H](NC(=O)C(F)(F)F)C(=O)O. The van der Waals surface area contributed by atoms with Crippen LogP contribution in [-0.2, 0) is 9.59 Å². The summed E-state index contributed by atoms with van der Waals surface area (Å²) in [4.78, 5) is 23.2. The Morgan fingerprint density at radius 1 is 1.28 bits per heavy atom. The summed E-state index contributed by atoms with van der Waals surface area (Å²) >= 11 is 0. The molecular weight excluding hydrogens is 253 g/mol. The van der Waals surface area contributed by atoms with E-state index in [9.17, 15) is 22.8 Å². The number of amides is 1. The predicted octanol–water partition coefficient (Wildman–Crippen LogP) is 0.850. The Morgan fingerprint density at radius 2 is 1.83 bits per heavy atom. The maximum atomic E-state index is 12.0. The molecule has 0 aliphatic rings. The Hall–Kier alpha value is -1.31. The summed E-state index contributed by atoms with van der Waals surface area (Å²) < 4.78 is 35.9. The molecule has 0 heterocycles. The standard InChI is InChI=1S/C10H17F3N2O3/c1-15(2)6-4-3-5-7(8(16)17)14-9(18)10(11,12)13/h7H,3-6H2,1-2H3,(H,14,18)(H,16,17)/t7-/m0/s1. The molecular formula is C10H17F3N2O3. The van der Waals surface area contributed by atoms with Gasteiger partial charge in [0.1, 0.15) is 6.04 Å². The van der Waals surface area contributed by atoms with Crippen LogP contribution in [0.5, 0.6) is 0 Å². The second-order valence-corrected chi connectivity index (χ2v) is 4.16. The topological polar surface area (TPSA) is 69.6 Å². The Labute approximate surface area is 103 Å². The second-order valence-electron chi connectivity index (χ2n) is 4.16. The number of carboxylic acid groups (broad SMARTS) is 1. The lowest BCUT2D eigenvalue weighted by Crippen LogP contribution is -2.46. The molecule has 5 nitrogen and oxygen atoms in total. The van der Waals surface area contributed by atoms with Gasteiger partial charge in [-0.1, -0.05) is 0 Å². The van der Waals surface area contributed by atoms with Crippen molar-refractivity contribution in [1.29, 1.82) is 0 Å². The molecule has 2 N–H and O–H groups in total. The highest BCUT2D eigenvalue weighted by Crippen LogP contribution is 2.15. The van der Waals surface area contributed by atoms with Crippen LogP contribution in [0.3, 0.4) is 0 Å². The van der Waals surface area contributed by atoms with Crippen LogP contribution < -0.4 is 5.32 Å². The summed E-state index contributed by atoms with van der Waals surface area (Å²) in [7, 11) is 3.67. The van der Waals surface area contributed by atoms with Gasteiger partial charge in [-0.05, 0) is 39.9 Å². The number of aliphatic carboxylic acids is 1. The lowest BCUT2D eigenvalue weighted by molar-refractivity contribution is -0.175. The number of nitrogens with one attached hydrogen (secondary N) is 1. The monoisotopic (exact) mass is 270 g/mol. The normalized spacial score (nSPS) is 13.4. The van der Waals surface area contributed by atoms with Crippen molar-refractivity contribution in [3.8, 4) is 0 Å². The van der Waals surface area contributed by atoms with Gasteiger partial charge in [-0.3, -0.25) is 4.79 Å². The van der Waals surface area contributed by atoms with E-state index in [1.807, 2.05) is 19.0 Å². The molecule has 0 aliphatic heterocycles. The molecule has 0 saturated carbocycles. The highest BCUT2D eigenvalue weighted by molar-refractivity contribution is 5.86. The molecule has 0 unspecified atom stereocenters. The van der Waals surface area contributed by atoms with Crippen molar-refractivity contribution in [3.63, 3.8) is 0 Å². The zero-order valence-corrected chi connectivity index (χ0v) is 10.3. The number of rotatable bonds is 7. The zero-order chi connectivity index (χ0) is 14.3. The number of carbonyl (C=O) groups excluding carboxylic acids is 1. The van der Waals surface area contributed by atoms with Crippen LogP contribution in [0.25, 0.3) is 0 Å². The molecule has 0 aliphatic carbocycles. The molecule has 0 bridgehead atoms. The minimum Gasteiger partial charge on any atom is -0.480 e. The Bertz CT molecular complexity index is 293. The van der Waals surface area contributed by atoms with Crippen molar-refractivity contribution >= 4 is 11.9 Å². The summed E-state index contributed by atoms with van der Waals surface area (Å²) in [5.41, 5.74) is 0. The quantitative estimate of drug-likeness (QED) is 0.673. The predicted molar refractivity (Wildman–Crippen MR) is 58.0 cm³/mol. The van der Waals surface area contributed by atoms with Gasteiger partial charge < -0.3 is 15.3 Å². The van der Waals surface area contributed by atoms with Crippen LogP contribution in [0.15, 0.2) is 0 Å². The number of halogens is 3. The number of hydrogen-bond donors (Lipinski definition) is 2. The van der Waals surface area contributed by atoms with E-state index in [4.69, 9.17) is 5.11 Å². The summed E-state index contributed by atoms with van der Waals surface area (Å²) in [6.45, 7) is 0.708. The third kappa shape index (κ3) is 7.10. The molecule has 0 aromatic heterocycles. The minimum atomic E-state index is -5.06. The third-order valence-electron chi connectivity index (χ3n) is 2.21. The lowest BCUT2D eigenvalue weighted by Gasteiger charge is -2.16. The molecule has 0 aromatic rings. The number of unbranched alkanes of at least 4 members (excludes halogenated alkanes) is 1. The summed E-state index contributed by atoms with van der Waals surface area (Å²) in [6.07, 6.45) is -4.01. The first-order valence-electron chi connectivity index (χ1n) is 5.40. The number of alkyl halides is 3. The van der Waals surface area contributed by atoms with E-state index in [1.165, 1.54) is 5.32 Å². The molecule has 18 heavy (non-hydrogen) atoms. The van der Waals surface area contributed by atoms with Crippen LogP contribution in [0, 0.1) is 0 Å². The van der Waals surface area contributed by atoms with Gasteiger partial charge in [0, 0.05) is 0 Å². The van der Waals surface area contributed by atoms with Crippen molar-refractivity contribution in [2.75, 3.05) is 20.6 Å². The van der Waals surface area contributed by atoms with E-state index in [0.717, 1.165) is 0 Å². The summed E-state index contributed by atoms with van der Waals surface area (Å²) in [5, 5.41) is 10.2. The maximum Gasteiger partial charge on any atom is 0.471 e. The van der Waals surface area contributed by atoms with Crippen molar-refractivity contribution in [2.45, 2.75) is 31.5 Å². The average molecular weight is 270 g/mol. The van der Waals surface area contributed by atoms with Gasteiger partial charge in [0.15, 0.2) is 0 Å². The maximum absolute atomic E-state index is 12.0. The van der Waals surface area contributed by atoms with Gasteiger partial charge in [0.2, 0.25) is 0 Å². The molecule has 0 saturated heterocycles. The second kappa shape index (κ2) is 7.20. The molecule has 1 amide bonds. The lowest BCUT2D eigenvalue weighted by atomic mass is 10.1. The van der Waals surface area contributed by atoms with Crippen LogP contribution in [0.2, 0.25) is 0 Å². The van der Waals surface area contributed by atoms with Gasteiger partial charge in [0.25, 0.3) is 0 Å². The third-order valence-corrected chi connectivity index (χ3v) is 2.21. The highest BCUT2D eigenvalue weighted by Gasteiger charge is 2.40. The zero-order valence-electron chi connectivity index (χ0n) is 10.3. The van der Waals surface area contributed by atoms with E-state index in [-0.39, 0.29) is 6.42 Å². The van der Waals surface area contributed by atoms with Crippen LogP contribution in [-0.4, -0.2) is 54.7 Å². The van der Waals surface area contributed by atoms with Gasteiger partial charge in [-0.25, -0.2) is 4.79 Å². The molecule has 106 valence electrons. The van der Waals surface area contributed by atoms with E-state index < -0.39 is 24.1 Å². The van der Waals surface area contributed by atoms with E-state index >= 15 is 0 Å². The van der Waals surface area contributed by atoms with Gasteiger partial charge in [-0.2, -0.15) is 13.2 Å². The Kier molecular flexibility index (Phi) is 6.67. The van der Waals surface area contributed by atoms with Gasteiger partial charge in [0.05, 0.1) is 0 Å². The Morgan fingerprint density at radius 3 is 2.22 bits per heavy atom. The first kappa shape index (κ1) is 16.7. The van der Waals surface area contributed by atoms with Crippen molar-refractivity contribution in [2.24, 2.45) is 0 Å². The summed E-state index contributed by atoms with van der Waals surface area (Å²) in [5.74, 6) is -3.68. The molecule has 1 atom stereocenters. The largest absolute Gasteiger partial charge is 0.480 e. The molecule has 0 radical (unpaired) electrons. The van der Waals surface area contributed by atoms with Crippen LogP contribution in [0.4, 0.5) is 13.2 Å². The first-order valence-corrected chi connectivity index (χ1v) is 5.40. The smallest absolute Gasteiger partial charge is 0.471 e. The molecule has 0 aromatic carbocycles. The van der Waals surface area contributed by atoms with Crippen molar-refractivity contribution < 1.29 is 27.9 Å². The number of carbonyl (C=O) groups is 2. The molecule has 0 fully saturated rings. The van der Waals surface area contributed by atoms with Gasteiger partial charge >= 0.3 is 18.1 Å². The molecule has 0 spiro atoms. The van der Waals surface area contributed by atoms with Crippen molar-refractivity contribution in [1.82, 2.24) is 10.2 Å². The number of nitrogens with zero attached hydrogens (tertiary/aromatic N) is 1. The van der Waals surface area contributed by atoms with Crippen LogP contribution in [0.1, 0.15) is 19.3 Å². The average Bonchev–Trinajstić information content (AvgIpc) is 2.19. The fourth-order valence-corrected chi connectivity index (χ4v) is 1.27. The number of carboxylic acids is 1. The van der Waals surface area contributed by atoms with E-state index in [2.05, 4.69) is 0 Å². The number of hydrogen-bond acceptors (Lipinski definition) is 3. The van der Waals surface area contributed by atoms with E-state index in [0.29, 0.717) is 19.4 Å². The van der Waals surface area contributed by atoms with Crippen molar-refractivity contribution in [3.05, 3.63) is 0 Å². The molecule has 0 rings (SSSR count). The fourth-order valence-electron chi connectivity index (χ4n) is 1.27. The molecule has 8 heteroatoms. The van der Waals surface area contributed by atoms with E-state index in [1.54, 1.807) is 0 Å². The minimum absolute atomic E-state index is 0.0228. The summed E-state index contributed by atoms with van der Waals surface area (Å²) in [6, 6.07) is -1.50. The Balaban J connectivity index is 4.17. The first-order chi connectivity index (χ1) is 8.14. The van der Waals surface area contributed by atoms with Gasteiger partial charge in [-0.15, -0.1) is 0 Å². The van der Waals surface area contributed by atoms with Crippen LogP contribution >= 0.6 is 0 Å². The fraction of sp³-hybridized carbons (Fsp3) is 0.800.